The number of halogens is 1. The first-order valence-corrected chi connectivity index (χ1v) is 6.32. The first-order chi connectivity index (χ1) is 9.04. The van der Waals surface area contributed by atoms with E-state index in [4.69, 9.17) is 16.9 Å². The van der Waals surface area contributed by atoms with E-state index in [0.717, 1.165) is 0 Å². The zero-order chi connectivity index (χ0) is 14.3. The molecule has 0 aliphatic carbocycles. The van der Waals surface area contributed by atoms with Crippen molar-refractivity contribution in [3.05, 3.63) is 41.1 Å². The number of rotatable bonds is 5. The van der Waals surface area contributed by atoms with Crippen molar-refractivity contribution in [3.8, 4) is 6.07 Å². The summed E-state index contributed by atoms with van der Waals surface area (Å²) >= 11 is 5.96. The quantitative estimate of drug-likeness (QED) is 0.642. The zero-order valence-corrected chi connectivity index (χ0v) is 11.7. The lowest BCUT2D eigenvalue weighted by atomic mass is 10.2. The number of nitriles is 1. The van der Waals surface area contributed by atoms with Crippen molar-refractivity contribution in [1.82, 2.24) is 5.32 Å². The van der Waals surface area contributed by atoms with Crippen LogP contribution in [0, 0.1) is 17.2 Å². The molecular formula is C14H16ClN3O. The van der Waals surface area contributed by atoms with E-state index in [0.29, 0.717) is 23.2 Å². The molecule has 0 fully saturated rings. The second-order valence-electron chi connectivity index (χ2n) is 4.40. The fourth-order valence-corrected chi connectivity index (χ4v) is 1.46. The van der Waals surface area contributed by atoms with Gasteiger partial charge in [0.05, 0.1) is 10.7 Å². The molecular weight excluding hydrogens is 262 g/mol. The number of nitrogens with zero attached hydrogens (tertiary/aromatic N) is 1. The van der Waals surface area contributed by atoms with Crippen LogP contribution in [0.5, 0.6) is 0 Å². The lowest BCUT2D eigenvalue weighted by Crippen LogP contribution is -2.28. The molecule has 0 radical (unpaired) electrons. The molecule has 0 aliphatic heterocycles. The van der Waals surface area contributed by atoms with Gasteiger partial charge < -0.3 is 10.6 Å². The van der Waals surface area contributed by atoms with E-state index in [2.05, 4.69) is 10.6 Å². The van der Waals surface area contributed by atoms with Crippen LogP contribution in [0.25, 0.3) is 0 Å². The number of nitrogens with one attached hydrogen (secondary N) is 2. The fraction of sp³-hybridized carbons (Fsp3) is 0.286. The Hall–Kier alpha value is -1.99. The van der Waals surface area contributed by atoms with E-state index in [-0.39, 0.29) is 5.57 Å². The third-order valence-corrected chi connectivity index (χ3v) is 2.61. The highest BCUT2D eigenvalue weighted by atomic mass is 35.5. The predicted octanol–water partition coefficient (Wildman–Crippen LogP) is 2.93. The summed E-state index contributed by atoms with van der Waals surface area (Å²) in [7, 11) is 0. The van der Waals surface area contributed by atoms with Crippen molar-refractivity contribution in [3.63, 3.8) is 0 Å². The summed E-state index contributed by atoms with van der Waals surface area (Å²) in [6.07, 6.45) is 1.36. The number of carbonyl (C=O) groups is 1. The van der Waals surface area contributed by atoms with Crippen molar-refractivity contribution >= 4 is 23.2 Å². The van der Waals surface area contributed by atoms with E-state index < -0.39 is 5.91 Å². The Bertz CT molecular complexity index is 518. The van der Waals surface area contributed by atoms with Crippen molar-refractivity contribution in [1.29, 1.82) is 5.26 Å². The average Bonchev–Trinajstić information content (AvgIpc) is 2.39. The minimum Gasteiger partial charge on any atom is -0.359 e. The topological polar surface area (TPSA) is 64.9 Å². The maximum atomic E-state index is 11.7. The highest BCUT2D eigenvalue weighted by Gasteiger charge is 2.09. The van der Waals surface area contributed by atoms with Gasteiger partial charge in [0.2, 0.25) is 0 Å². The van der Waals surface area contributed by atoms with Crippen LogP contribution in [0.15, 0.2) is 36.0 Å². The average molecular weight is 278 g/mol. The van der Waals surface area contributed by atoms with Gasteiger partial charge in [-0.05, 0) is 18.1 Å². The molecule has 1 amide bonds. The van der Waals surface area contributed by atoms with Crippen LogP contribution in [-0.4, -0.2) is 12.5 Å². The highest BCUT2D eigenvalue weighted by Crippen LogP contribution is 2.20. The normalized spacial score (nSPS) is 11.0. The third-order valence-electron chi connectivity index (χ3n) is 2.28. The van der Waals surface area contributed by atoms with E-state index in [1.165, 1.54) is 6.20 Å². The van der Waals surface area contributed by atoms with Gasteiger partial charge in [-0.15, -0.1) is 0 Å². The predicted molar refractivity (Wildman–Crippen MR) is 76.6 cm³/mol. The maximum absolute atomic E-state index is 11.7. The second kappa shape index (κ2) is 7.45. The number of anilines is 1. The minimum absolute atomic E-state index is 0.0144. The summed E-state index contributed by atoms with van der Waals surface area (Å²) in [5.41, 5.74) is 0.661. The summed E-state index contributed by atoms with van der Waals surface area (Å²) < 4.78 is 0. The molecule has 5 heteroatoms. The number of para-hydroxylation sites is 1. The Morgan fingerprint density at radius 1 is 1.47 bits per heavy atom. The lowest BCUT2D eigenvalue weighted by molar-refractivity contribution is -0.117. The van der Waals surface area contributed by atoms with Gasteiger partial charge in [0.25, 0.3) is 5.91 Å². The Labute approximate surface area is 118 Å². The van der Waals surface area contributed by atoms with Gasteiger partial charge in [0.1, 0.15) is 11.6 Å². The fourth-order valence-electron chi connectivity index (χ4n) is 1.27. The molecule has 100 valence electrons. The summed E-state index contributed by atoms with van der Waals surface area (Å²) in [4.78, 5) is 11.7. The van der Waals surface area contributed by atoms with E-state index in [1.54, 1.807) is 18.2 Å². The van der Waals surface area contributed by atoms with E-state index >= 15 is 0 Å². The second-order valence-corrected chi connectivity index (χ2v) is 4.81. The van der Waals surface area contributed by atoms with E-state index in [9.17, 15) is 4.79 Å². The summed E-state index contributed by atoms with van der Waals surface area (Å²) in [6.45, 7) is 4.50. The van der Waals surface area contributed by atoms with Gasteiger partial charge in [0.15, 0.2) is 0 Å². The SMILES string of the molecule is CC(C)CNC(=O)/C(C#N)=C\Nc1ccccc1Cl. The molecule has 1 rings (SSSR count). The number of carbonyl (C=O) groups excluding carboxylic acids is 1. The maximum Gasteiger partial charge on any atom is 0.263 e. The molecule has 0 unspecified atom stereocenters. The Morgan fingerprint density at radius 2 is 2.16 bits per heavy atom. The zero-order valence-electron chi connectivity index (χ0n) is 10.9. The summed E-state index contributed by atoms with van der Waals surface area (Å²) in [6, 6.07) is 8.96. The smallest absolute Gasteiger partial charge is 0.263 e. The first kappa shape index (κ1) is 15.1. The van der Waals surface area contributed by atoms with Gasteiger partial charge in [-0.2, -0.15) is 5.26 Å². The number of amides is 1. The highest BCUT2D eigenvalue weighted by molar-refractivity contribution is 6.33. The van der Waals surface area contributed by atoms with E-state index in [1.807, 2.05) is 26.0 Å². The largest absolute Gasteiger partial charge is 0.359 e. The van der Waals surface area contributed by atoms with Crippen LogP contribution in [0.2, 0.25) is 5.02 Å². The van der Waals surface area contributed by atoms with Crippen molar-refractivity contribution in [2.45, 2.75) is 13.8 Å². The molecule has 1 aromatic carbocycles. The van der Waals surface area contributed by atoms with Gasteiger partial charge in [0, 0.05) is 12.7 Å². The Kier molecular flexibility index (Phi) is 5.91. The Morgan fingerprint density at radius 3 is 2.74 bits per heavy atom. The first-order valence-electron chi connectivity index (χ1n) is 5.94. The molecule has 0 bridgehead atoms. The van der Waals surface area contributed by atoms with Gasteiger partial charge in [-0.25, -0.2) is 0 Å². The van der Waals surface area contributed by atoms with Gasteiger partial charge in [-0.3, -0.25) is 4.79 Å². The molecule has 0 atom stereocenters. The number of hydrogen-bond donors (Lipinski definition) is 2. The van der Waals surface area contributed by atoms with Crippen LogP contribution < -0.4 is 10.6 Å². The van der Waals surface area contributed by atoms with Crippen molar-refractivity contribution < 1.29 is 4.79 Å². The molecule has 19 heavy (non-hydrogen) atoms. The lowest BCUT2D eigenvalue weighted by Gasteiger charge is -2.07. The van der Waals surface area contributed by atoms with Crippen molar-refractivity contribution in [2.75, 3.05) is 11.9 Å². The number of hydrogen-bond acceptors (Lipinski definition) is 3. The summed E-state index contributed by atoms with van der Waals surface area (Å²) in [5.74, 6) is -0.0591. The monoisotopic (exact) mass is 277 g/mol. The summed E-state index contributed by atoms with van der Waals surface area (Å²) in [5, 5.41) is 15.0. The van der Waals surface area contributed by atoms with Gasteiger partial charge in [-0.1, -0.05) is 37.6 Å². The standard InChI is InChI=1S/C14H16ClN3O/c1-10(2)8-18-14(19)11(7-16)9-17-13-6-4-3-5-12(13)15/h3-6,9-10,17H,8H2,1-2H3,(H,18,19)/b11-9-. The number of benzene rings is 1. The molecule has 1 aromatic rings. The van der Waals surface area contributed by atoms with Crippen LogP contribution in [0.4, 0.5) is 5.69 Å². The van der Waals surface area contributed by atoms with Crippen LogP contribution in [0.1, 0.15) is 13.8 Å². The third kappa shape index (κ3) is 5.02. The van der Waals surface area contributed by atoms with Crippen LogP contribution in [-0.2, 0) is 4.79 Å². The molecule has 0 saturated heterocycles. The molecule has 2 N–H and O–H groups in total. The van der Waals surface area contributed by atoms with Crippen molar-refractivity contribution in [2.24, 2.45) is 5.92 Å². The molecule has 0 aliphatic rings. The molecule has 0 heterocycles. The van der Waals surface area contributed by atoms with Gasteiger partial charge >= 0.3 is 0 Å². The molecule has 0 saturated carbocycles. The molecule has 0 spiro atoms. The molecule has 0 aromatic heterocycles. The van der Waals surface area contributed by atoms with Crippen LogP contribution >= 0.6 is 11.6 Å². The Balaban J connectivity index is 2.70. The van der Waals surface area contributed by atoms with Crippen LogP contribution in [0.3, 0.4) is 0 Å². The minimum atomic E-state index is -0.393. The molecule has 4 nitrogen and oxygen atoms in total.